The Hall–Kier alpha value is 0.810. The number of nitrogens with zero attached hydrogens (tertiary/aromatic N) is 2. The standard InChI is InChI=1S/C18H38N2OS.2ClH/c1-4-6-7-8-9-10-18(5-2)22-16-17(21)15-20-13-11-19(3)12-14-20;;/h17-18,21H,4-16H2,1-3H3;2*1H. The van der Waals surface area contributed by atoms with Crippen molar-refractivity contribution in [1.29, 1.82) is 0 Å². The number of likely N-dealkylation sites (N-methyl/N-ethyl adjacent to an activating group) is 1. The molecule has 148 valence electrons. The average Bonchev–Trinajstić information content (AvgIpc) is 2.52. The number of piperazine rings is 1. The van der Waals surface area contributed by atoms with Crippen molar-refractivity contribution in [2.75, 3.05) is 45.5 Å². The molecule has 24 heavy (non-hydrogen) atoms. The normalized spacial score (nSPS) is 18.5. The Morgan fingerprint density at radius 3 is 2.17 bits per heavy atom. The number of β-amino-alcohol motifs (C(OH)–C–C–N with tert-alkyl or cyclic N) is 1. The zero-order valence-electron chi connectivity index (χ0n) is 15.9. The predicted octanol–water partition coefficient (Wildman–Crippen LogP) is 4.31. The van der Waals surface area contributed by atoms with E-state index < -0.39 is 0 Å². The van der Waals surface area contributed by atoms with Crippen molar-refractivity contribution >= 4 is 36.6 Å². The summed E-state index contributed by atoms with van der Waals surface area (Å²) in [5.41, 5.74) is 0. The summed E-state index contributed by atoms with van der Waals surface area (Å²) < 4.78 is 0. The van der Waals surface area contributed by atoms with Gasteiger partial charge in [-0.05, 0) is 19.9 Å². The van der Waals surface area contributed by atoms with Crippen molar-refractivity contribution in [2.24, 2.45) is 0 Å². The highest BCUT2D eigenvalue weighted by Crippen LogP contribution is 2.22. The van der Waals surface area contributed by atoms with Crippen molar-refractivity contribution in [3.8, 4) is 0 Å². The van der Waals surface area contributed by atoms with E-state index in [-0.39, 0.29) is 30.9 Å². The molecule has 0 saturated carbocycles. The van der Waals surface area contributed by atoms with Crippen LogP contribution < -0.4 is 0 Å². The molecule has 1 rings (SSSR count). The number of rotatable bonds is 12. The monoisotopic (exact) mass is 402 g/mol. The van der Waals surface area contributed by atoms with Gasteiger partial charge in [-0.3, -0.25) is 4.90 Å². The maximum atomic E-state index is 10.3. The number of hydrogen-bond acceptors (Lipinski definition) is 4. The fraction of sp³-hybridized carbons (Fsp3) is 1.00. The first kappa shape index (κ1) is 27.0. The van der Waals surface area contributed by atoms with E-state index >= 15 is 0 Å². The molecule has 3 nitrogen and oxygen atoms in total. The Morgan fingerprint density at radius 2 is 1.58 bits per heavy atom. The maximum Gasteiger partial charge on any atom is 0.0757 e. The molecule has 2 atom stereocenters. The van der Waals surface area contributed by atoms with Crippen molar-refractivity contribution in [2.45, 2.75) is 70.1 Å². The molecular weight excluding hydrogens is 363 g/mol. The van der Waals surface area contributed by atoms with E-state index in [1.807, 2.05) is 11.8 Å². The second-order valence-corrected chi connectivity index (χ2v) is 8.16. The molecule has 0 aromatic rings. The number of hydrogen-bond donors (Lipinski definition) is 1. The molecule has 0 aliphatic carbocycles. The van der Waals surface area contributed by atoms with Gasteiger partial charge in [0.2, 0.25) is 0 Å². The van der Waals surface area contributed by atoms with Gasteiger partial charge in [0.25, 0.3) is 0 Å². The fourth-order valence-corrected chi connectivity index (χ4v) is 4.18. The van der Waals surface area contributed by atoms with Crippen LogP contribution in [0.25, 0.3) is 0 Å². The molecule has 0 radical (unpaired) electrons. The highest BCUT2D eigenvalue weighted by atomic mass is 35.5. The van der Waals surface area contributed by atoms with Crippen molar-refractivity contribution in [3.63, 3.8) is 0 Å². The zero-order chi connectivity index (χ0) is 16.2. The first-order valence-electron chi connectivity index (χ1n) is 9.36. The lowest BCUT2D eigenvalue weighted by Gasteiger charge is -2.33. The summed E-state index contributed by atoms with van der Waals surface area (Å²) in [4.78, 5) is 4.78. The Kier molecular flexibility index (Phi) is 19.4. The topological polar surface area (TPSA) is 26.7 Å². The Balaban J connectivity index is 0. The van der Waals surface area contributed by atoms with Crippen LogP contribution in [0.5, 0.6) is 0 Å². The molecule has 1 aliphatic heterocycles. The predicted molar refractivity (Wildman–Crippen MR) is 114 cm³/mol. The first-order valence-corrected chi connectivity index (χ1v) is 10.4. The van der Waals surface area contributed by atoms with Gasteiger partial charge in [0.1, 0.15) is 0 Å². The summed E-state index contributed by atoms with van der Waals surface area (Å²) in [6, 6.07) is 0. The number of halogens is 2. The molecule has 1 N–H and O–H groups in total. The summed E-state index contributed by atoms with van der Waals surface area (Å²) in [7, 11) is 2.18. The molecule has 2 unspecified atom stereocenters. The van der Waals surface area contributed by atoms with Crippen LogP contribution in [0.1, 0.15) is 58.8 Å². The van der Waals surface area contributed by atoms with Crippen LogP contribution in [0, 0.1) is 0 Å². The van der Waals surface area contributed by atoms with E-state index in [0.717, 1.165) is 43.7 Å². The minimum atomic E-state index is -0.164. The number of aliphatic hydroxyl groups excluding tert-OH is 1. The Labute approximate surface area is 167 Å². The number of thioether (sulfide) groups is 1. The Morgan fingerprint density at radius 1 is 0.958 bits per heavy atom. The van der Waals surface area contributed by atoms with Gasteiger partial charge in [0.05, 0.1) is 6.10 Å². The molecule has 0 amide bonds. The molecule has 1 saturated heterocycles. The van der Waals surface area contributed by atoms with Crippen LogP contribution >= 0.6 is 36.6 Å². The minimum Gasteiger partial charge on any atom is -0.391 e. The average molecular weight is 404 g/mol. The van der Waals surface area contributed by atoms with Gasteiger partial charge in [0, 0.05) is 43.7 Å². The fourth-order valence-electron chi connectivity index (χ4n) is 3.01. The van der Waals surface area contributed by atoms with E-state index in [9.17, 15) is 5.11 Å². The largest absolute Gasteiger partial charge is 0.391 e. The second kappa shape index (κ2) is 17.2. The highest BCUT2D eigenvalue weighted by Gasteiger charge is 2.18. The van der Waals surface area contributed by atoms with Crippen molar-refractivity contribution in [3.05, 3.63) is 0 Å². The lowest BCUT2D eigenvalue weighted by molar-refractivity contribution is 0.0920. The van der Waals surface area contributed by atoms with Crippen molar-refractivity contribution < 1.29 is 5.11 Å². The third kappa shape index (κ3) is 13.1. The number of unbranched alkanes of at least 4 members (excludes halogenated alkanes) is 4. The lowest BCUT2D eigenvalue weighted by Crippen LogP contribution is -2.47. The molecule has 0 aromatic carbocycles. The quantitative estimate of drug-likeness (QED) is 0.491. The van der Waals surface area contributed by atoms with Crippen LogP contribution in [-0.4, -0.2) is 71.8 Å². The van der Waals surface area contributed by atoms with Gasteiger partial charge in [-0.2, -0.15) is 11.8 Å². The summed E-state index contributed by atoms with van der Waals surface area (Å²) in [6.07, 6.45) is 9.24. The smallest absolute Gasteiger partial charge is 0.0757 e. The van der Waals surface area contributed by atoms with E-state index in [2.05, 4.69) is 30.7 Å². The van der Waals surface area contributed by atoms with E-state index in [1.165, 1.54) is 44.9 Å². The summed E-state index contributed by atoms with van der Waals surface area (Å²) >= 11 is 2.00. The van der Waals surface area contributed by atoms with Crippen LogP contribution in [0.15, 0.2) is 0 Å². The number of aliphatic hydroxyl groups is 1. The maximum absolute atomic E-state index is 10.3. The molecule has 6 heteroatoms. The van der Waals surface area contributed by atoms with Gasteiger partial charge in [0.15, 0.2) is 0 Å². The molecular formula is C18H40Cl2N2OS. The third-order valence-corrected chi connectivity index (χ3v) is 6.29. The van der Waals surface area contributed by atoms with Gasteiger partial charge in [-0.1, -0.05) is 46.0 Å². The van der Waals surface area contributed by atoms with Gasteiger partial charge >= 0.3 is 0 Å². The van der Waals surface area contributed by atoms with Gasteiger partial charge < -0.3 is 10.0 Å². The van der Waals surface area contributed by atoms with Gasteiger partial charge in [-0.25, -0.2) is 0 Å². The van der Waals surface area contributed by atoms with Crippen LogP contribution in [0.4, 0.5) is 0 Å². The molecule has 0 aromatic heterocycles. The second-order valence-electron chi connectivity index (χ2n) is 6.82. The highest BCUT2D eigenvalue weighted by molar-refractivity contribution is 7.99. The first-order chi connectivity index (χ1) is 10.7. The summed E-state index contributed by atoms with van der Waals surface area (Å²) in [5.74, 6) is 0.903. The van der Waals surface area contributed by atoms with E-state index in [1.54, 1.807) is 0 Å². The van der Waals surface area contributed by atoms with E-state index in [0.29, 0.717) is 0 Å². The lowest BCUT2D eigenvalue weighted by atomic mass is 10.1. The third-order valence-electron chi connectivity index (χ3n) is 4.67. The SMILES string of the molecule is CCCCCCCC(CC)SCC(O)CN1CCN(C)CC1.Cl.Cl. The molecule has 1 heterocycles. The zero-order valence-corrected chi connectivity index (χ0v) is 18.4. The minimum absolute atomic E-state index is 0. The van der Waals surface area contributed by atoms with E-state index in [4.69, 9.17) is 0 Å². The molecule has 1 aliphatic rings. The summed E-state index contributed by atoms with van der Waals surface area (Å²) in [6.45, 7) is 9.89. The molecule has 0 bridgehead atoms. The molecule has 0 spiro atoms. The van der Waals surface area contributed by atoms with Gasteiger partial charge in [-0.15, -0.1) is 24.8 Å². The molecule has 1 fully saturated rings. The van der Waals surface area contributed by atoms with Crippen LogP contribution in [0.3, 0.4) is 0 Å². The Bertz CT molecular complexity index is 267. The van der Waals surface area contributed by atoms with Crippen molar-refractivity contribution in [1.82, 2.24) is 9.80 Å². The summed E-state index contributed by atoms with van der Waals surface area (Å²) in [5, 5.41) is 11.0. The van der Waals surface area contributed by atoms with Crippen LogP contribution in [-0.2, 0) is 0 Å². The van der Waals surface area contributed by atoms with Crippen LogP contribution in [0.2, 0.25) is 0 Å².